The van der Waals surface area contributed by atoms with Crippen molar-refractivity contribution in [3.63, 3.8) is 0 Å². The van der Waals surface area contributed by atoms with Gasteiger partial charge in [0.15, 0.2) is 12.2 Å². The maximum Gasteiger partial charge on any atom is 0.472 e. The number of carbonyl (C=O) groups is 4. The normalized spacial score (nSPS) is 14.5. The Kier molecular flexibility index (Phi) is 62.2. The van der Waals surface area contributed by atoms with Gasteiger partial charge in [-0.15, -0.1) is 0 Å². The summed E-state index contributed by atoms with van der Waals surface area (Å²) in [5, 5.41) is 10.6. The number of carbonyl (C=O) groups excluding carboxylic acids is 4. The molecule has 0 saturated heterocycles. The zero-order valence-corrected chi connectivity index (χ0v) is 62.7. The Morgan fingerprint density at radius 2 is 0.516 bits per heavy atom. The van der Waals surface area contributed by atoms with Crippen LogP contribution >= 0.6 is 15.6 Å². The van der Waals surface area contributed by atoms with Crippen molar-refractivity contribution in [3.8, 4) is 0 Å². The van der Waals surface area contributed by atoms with Crippen molar-refractivity contribution in [3.05, 3.63) is 0 Å². The minimum atomic E-state index is -4.95. The molecule has 4 unspecified atom stereocenters. The zero-order chi connectivity index (χ0) is 68.9. The van der Waals surface area contributed by atoms with E-state index in [4.69, 9.17) is 37.0 Å². The second-order valence-electron chi connectivity index (χ2n) is 28.4. The van der Waals surface area contributed by atoms with Gasteiger partial charge >= 0.3 is 39.5 Å². The van der Waals surface area contributed by atoms with E-state index in [-0.39, 0.29) is 25.7 Å². The molecule has 0 aliphatic heterocycles. The van der Waals surface area contributed by atoms with Gasteiger partial charge in [0, 0.05) is 25.7 Å². The van der Waals surface area contributed by atoms with E-state index in [0.717, 1.165) is 114 Å². The highest BCUT2D eigenvalue weighted by Gasteiger charge is 2.30. The average Bonchev–Trinajstić information content (AvgIpc) is 2.32. The second-order valence-corrected chi connectivity index (χ2v) is 31.3. The van der Waals surface area contributed by atoms with Gasteiger partial charge in [0.1, 0.15) is 19.3 Å². The Labute approximate surface area is 568 Å². The fourth-order valence-electron chi connectivity index (χ4n) is 11.2. The zero-order valence-electron chi connectivity index (χ0n) is 60.9. The van der Waals surface area contributed by atoms with Crippen molar-refractivity contribution < 1.29 is 80.2 Å². The molecule has 0 aliphatic rings. The molecule has 0 saturated carbocycles. The number of aliphatic hydroxyl groups excluding tert-OH is 1. The molecule has 0 radical (unpaired) electrons. The van der Waals surface area contributed by atoms with E-state index in [9.17, 15) is 43.2 Å². The molecule has 93 heavy (non-hydrogen) atoms. The first-order chi connectivity index (χ1) is 44.6. The van der Waals surface area contributed by atoms with Crippen LogP contribution in [0.4, 0.5) is 0 Å². The summed E-state index contributed by atoms with van der Waals surface area (Å²) in [5.74, 6) is 0.855. The lowest BCUT2D eigenvalue weighted by Gasteiger charge is -2.21. The largest absolute Gasteiger partial charge is 0.472 e. The third-order valence-corrected chi connectivity index (χ3v) is 19.3. The first-order valence-electron chi connectivity index (χ1n) is 38.2. The van der Waals surface area contributed by atoms with E-state index in [1.165, 1.54) is 167 Å². The Hall–Kier alpha value is -1.94. The minimum Gasteiger partial charge on any atom is -0.462 e. The molecule has 0 aromatic heterocycles. The number of esters is 4. The first kappa shape index (κ1) is 91.1. The molecule has 0 bridgehead atoms. The highest BCUT2D eigenvalue weighted by Crippen LogP contribution is 2.45. The van der Waals surface area contributed by atoms with Crippen LogP contribution in [0.2, 0.25) is 0 Å². The van der Waals surface area contributed by atoms with Crippen LogP contribution in [0, 0.1) is 23.7 Å². The number of phosphoric ester groups is 2. The maximum atomic E-state index is 13.0. The lowest BCUT2D eigenvalue weighted by Crippen LogP contribution is -2.30. The number of hydrogen-bond donors (Lipinski definition) is 3. The number of aliphatic hydroxyl groups is 1. The molecule has 0 aromatic rings. The molecule has 0 fully saturated rings. The van der Waals surface area contributed by atoms with E-state index < -0.39 is 97.5 Å². The number of phosphoric acid groups is 2. The molecule has 17 nitrogen and oxygen atoms in total. The molecule has 3 N–H and O–H groups in total. The Balaban J connectivity index is 5.14. The van der Waals surface area contributed by atoms with E-state index in [1.54, 1.807) is 0 Å². The smallest absolute Gasteiger partial charge is 0.462 e. The van der Waals surface area contributed by atoms with Gasteiger partial charge in [0.05, 0.1) is 26.4 Å². The van der Waals surface area contributed by atoms with Crippen LogP contribution in [0.1, 0.15) is 370 Å². The summed E-state index contributed by atoms with van der Waals surface area (Å²) in [6, 6.07) is 0. The average molecular weight is 1370 g/mol. The van der Waals surface area contributed by atoms with Gasteiger partial charge in [-0.25, -0.2) is 9.13 Å². The third kappa shape index (κ3) is 67.0. The number of unbranched alkanes of at least 4 members (excludes halogenated alkanes) is 36. The van der Waals surface area contributed by atoms with Gasteiger partial charge in [0.25, 0.3) is 0 Å². The monoisotopic (exact) mass is 1370 g/mol. The molecule has 0 rings (SSSR count). The molecule has 0 heterocycles. The second kappa shape index (κ2) is 63.5. The summed E-state index contributed by atoms with van der Waals surface area (Å²) in [6.45, 7) is 14.1. The van der Waals surface area contributed by atoms with Crippen molar-refractivity contribution >= 4 is 39.5 Å². The third-order valence-electron chi connectivity index (χ3n) is 17.4. The van der Waals surface area contributed by atoms with Gasteiger partial charge in [0.2, 0.25) is 0 Å². The van der Waals surface area contributed by atoms with Crippen molar-refractivity contribution in [2.75, 3.05) is 39.6 Å². The molecule has 0 aliphatic carbocycles. The Bertz CT molecular complexity index is 1840. The molecule has 6 atom stereocenters. The predicted octanol–water partition coefficient (Wildman–Crippen LogP) is 21.3. The Morgan fingerprint density at radius 3 is 0.763 bits per heavy atom. The summed E-state index contributed by atoms with van der Waals surface area (Å²) in [4.78, 5) is 72.6. The standard InChI is InChI=1S/C74H144O17P2/c1-9-67(8)53-45-37-32-33-41-49-57-74(79)91-70(61-84-71(76)54-46-38-29-23-19-17-15-13-11-10-12-14-16-18-21-26-34-42-50-64(2)3)63-89-93(82,83)87-59-68(75)58-86-92(80,81)88-62-69(60-85-72(77)55-47-39-31-25-28-36-44-52-66(6)7)90-73(78)56-48-40-30-24-20-22-27-35-43-51-65(4)5/h64-70,75H,9-63H2,1-8H3,(H,80,81)(H,82,83)/t67?,68?,69-,70-/m1/s1. The van der Waals surface area contributed by atoms with Crippen LogP contribution in [-0.4, -0.2) is 96.7 Å². The van der Waals surface area contributed by atoms with Crippen LogP contribution < -0.4 is 0 Å². The van der Waals surface area contributed by atoms with Crippen molar-refractivity contribution in [1.29, 1.82) is 0 Å². The fraction of sp³-hybridized carbons (Fsp3) is 0.946. The molecule has 552 valence electrons. The molecule has 0 amide bonds. The van der Waals surface area contributed by atoms with E-state index in [2.05, 4.69) is 55.4 Å². The summed E-state index contributed by atoms with van der Waals surface area (Å²) in [7, 11) is -9.91. The van der Waals surface area contributed by atoms with Gasteiger partial charge in [-0.3, -0.25) is 37.3 Å². The molecular formula is C74H144O17P2. The molecule has 0 spiro atoms. The van der Waals surface area contributed by atoms with Gasteiger partial charge in [-0.1, -0.05) is 319 Å². The van der Waals surface area contributed by atoms with Gasteiger partial charge < -0.3 is 33.8 Å². The van der Waals surface area contributed by atoms with E-state index in [1.807, 2.05) is 0 Å². The molecular weight excluding hydrogens is 1220 g/mol. The highest BCUT2D eigenvalue weighted by atomic mass is 31.2. The quantitative estimate of drug-likeness (QED) is 0.0222. The lowest BCUT2D eigenvalue weighted by molar-refractivity contribution is -0.161. The van der Waals surface area contributed by atoms with Gasteiger partial charge in [-0.2, -0.15) is 0 Å². The maximum absolute atomic E-state index is 13.0. The van der Waals surface area contributed by atoms with Crippen molar-refractivity contribution in [2.24, 2.45) is 23.7 Å². The van der Waals surface area contributed by atoms with Crippen LogP contribution in [-0.2, 0) is 65.4 Å². The lowest BCUT2D eigenvalue weighted by atomic mass is 10.00. The summed E-state index contributed by atoms with van der Waals surface area (Å²) in [5.41, 5.74) is 0. The van der Waals surface area contributed by atoms with E-state index >= 15 is 0 Å². The van der Waals surface area contributed by atoms with Gasteiger partial charge in [-0.05, 0) is 49.4 Å². The predicted molar refractivity (Wildman–Crippen MR) is 377 cm³/mol. The van der Waals surface area contributed by atoms with Crippen LogP contribution in [0.5, 0.6) is 0 Å². The van der Waals surface area contributed by atoms with E-state index in [0.29, 0.717) is 31.6 Å². The number of rotatable bonds is 71. The fourth-order valence-corrected chi connectivity index (χ4v) is 12.7. The first-order valence-corrected chi connectivity index (χ1v) is 41.2. The topological polar surface area (TPSA) is 237 Å². The highest BCUT2D eigenvalue weighted by molar-refractivity contribution is 7.47. The van der Waals surface area contributed by atoms with Crippen molar-refractivity contribution in [2.45, 2.75) is 388 Å². The number of ether oxygens (including phenoxy) is 4. The van der Waals surface area contributed by atoms with Crippen LogP contribution in [0.25, 0.3) is 0 Å². The minimum absolute atomic E-state index is 0.103. The van der Waals surface area contributed by atoms with Crippen LogP contribution in [0.3, 0.4) is 0 Å². The molecule has 0 aromatic carbocycles. The molecule has 19 heteroatoms. The SMILES string of the molecule is CCC(C)CCCCCCCCC(=O)O[C@H](COC(=O)CCCCCCCCCCCCCCCCCCCCC(C)C)COP(=O)(O)OCC(O)COP(=O)(O)OC[C@@H](COC(=O)CCCCCCCCCC(C)C)OC(=O)CCCCCCCCCCCC(C)C. The Morgan fingerprint density at radius 1 is 0.301 bits per heavy atom. The summed E-state index contributed by atoms with van der Waals surface area (Å²) in [6.07, 6.45) is 47.5. The summed E-state index contributed by atoms with van der Waals surface area (Å²) < 4.78 is 68.3. The van der Waals surface area contributed by atoms with Crippen LogP contribution in [0.15, 0.2) is 0 Å². The summed E-state index contributed by atoms with van der Waals surface area (Å²) >= 11 is 0. The van der Waals surface area contributed by atoms with Crippen molar-refractivity contribution in [1.82, 2.24) is 0 Å². The number of hydrogen-bond acceptors (Lipinski definition) is 15.